The Hall–Kier alpha value is -6.96. The summed E-state index contributed by atoms with van der Waals surface area (Å²) in [6.45, 7) is 0. The van der Waals surface area contributed by atoms with Crippen LogP contribution in [0.4, 0.5) is 0 Å². The number of nitrogens with zero attached hydrogens (tertiary/aromatic N) is 1. The van der Waals surface area contributed by atoms with Crippen LogP contribution in [0.3, 0.4) is 0 Å². The highest BCUT2D eigenvalue weighted by Crippen LogP contribution is 2.41. The van der Waals surface area contributed by atoms with Crippen molar-refractivity contribution < 1.29 is 8.83 Å². The van der Waals surface area contributed by atoms with E-state index in [2.05, 4.69) is 203 Å². The average molecular weight is 737 g/mol. The molecule has 272 valence electrons. The number of hydrogen-bond acceptors (Lipinski definition) is 5. The molecule has 1 aliphatic heterocycles. The van der Waals surface area contributed by atoms with Crippen molar-refractivity contribution in [2.75, 3.05) is 0 Å². The summed E-state index contributed by atoms with van der Waals surface area (Å²) >= 11 is 0. The van der Waals surface area contributed by atoms with Crippen LogP contribution < -0.4 is 16.0 Å². The molecule has 0 aliphatic carbocycles. The van der Waals surface area contributed by atoms with Crippen molar-refractivity contribution in [1.82, 2.24) is 20.5 Å². The monoisotopic (exact) mass is 736 g/mol. The quantitative estimate of drug-likeness (QED) is 0.164. The molecule has 1 fully saturated rings. The van der Waals surface area contributed by atoms with Gasteiger partial charge in [0.2, 0.25) is 0 Å². The summed E-state index contributed by atoms with van der Waals surface area (Å²) < 4.78 is 15.4. The van der Waals surface area contributed by atoms with E-state index < -0.39 is 0 Å². The number of para-hydroxylation sites is 2. The van der Waals surface area contributed by atoms with Gasteiger partial charge in [0.05, 0.1) is 40.6 Å². The van der Waals surface area contributed by atoms with Crippen LogP contribution >= 0.6 is 0 Å². The molecule has 0 saturated carbocycles. The number of aromatic nitrogens is 1. The molecular weight excluding hydrogens is 701 g/mol. The molecule has 0 amide bonds. The smallest absolute Gasteiger partial charge is 0.137 e. The second kappa shape index (κ2) is 12.8. The molecular formula is C51H36N4O2. The van der Waals surface area contributed by atoms with Gasteiger partial charge in [0.15, 0.2) is 0 Å². The lowest BCUT2D eigenvalue weighted by Gasteiger charge is -2.39. The molecule has 57 heavy (non-hydrogen) atoms. The first-order chi connectivity index (χ1) is 28.2. The van der Waals surface area contributed by atoms with Crippen molar-refractivity contribution in [3.63, 3.8) is 0 Å². The average Bonchev–Trinajstić information content (AvgIpc) is 3.95. The third-order valence-electron chi connectivity index (χ3n) is 11.7. The van der Waals surface area contributed by atoms with Gasteiger partial charge in [-0.3, -0.25) is 16.0 Å². The Labute approximate surface area is 327 Å². The number of nitrogens with one attached hydrogen (secondary N) is 3. The second-order valence-electron chi connectivity index (χ2n) is 15.0. The summed E-state index contributed by atoms with van der Waals surface area (Å²) in [6, 6.07) is 64.4. The number of fused-ring (bicyclic) bond motifs is 9. The number of rotatable bonds is 5. The van der Waals surface area contributed by atoms with Crippen LogP contribution in [-0.4, -0.2) is 4.57 Å². The molecule has 6 heteroatoms. The van der Waals surface area contributed by atoms with E-state index in [0.29, 0.717) is 0 Å². The van der Waals surface area contributed by atoms with Crippen LogP contribution in [0.25, 0.3) is 82.5 Å². The zero-order chi connectivity index (χ0) is 37.5. The van der Waals surface area contributed by atoms with Crippen molar-refractivity contribution in [3.05, 3.63) is 199 Å². The molecule has 2 unspecified atom stereocenters. The largest absolute Gasteiger partial charge is 0.456 e. The maximum atomic E-state index is 6.63. The Morgan fingerprint density at radius 1 is 0.351 bits per heavy atom. The van der Waals surface area contributed by atoms with Gasteiger partial charge in [-0.2, -0.15) is 0 Å². The zero-order valence-electron chi connectivity index (χ0n) is 30.8. The Morgan fingerprint density at radius 3 is 1.58 bits per heavy atom. The molecule has 2 atom stereocenters. The lowest BCUT2D eigenvalue weighted by Crippen LogP contribution is -2.54. The van der Waals surface area contributed by atoms with Gasteiger partial charge in [-0.25, -0.2) is 0 Å². The van der Waals surface area contributed by atoms with Crippen molar-refractivity contribution in [2.24, 2.45) is 0 Å². The van der Waals surface area contributed by atoms with E-state index in [-0.39, 0.29) is 18.5 Å². The Bertz CT molecular complexity index is 3210. The highest BCUT2D eigenvalue weighted by molar-refractivity contribution is 6.15. The van der Waals surface area contributed by atoms with Gasteiger partial charge in [-0.15, -0.1) is 0 Å². The van der Waals surface area contributed by atoms with E-state index in [1.807, 2.05) is 0 Å². The molecule has 0 radical (unpaired) electrons. The SMILES string of the molecule is c1ccc(C2NC(c3ccccc3)NC(c3ccc4oc5ccc(-c6ccc7c(c6)oc6cccc(-n8c9ccccc9c9ccccc98)c67)cc5c4c3)N2)cc1. The zero-order valence-corrected chi connectivity index (χ0v) is 30.8. The van der Waals surface area contributed by atoms with E-state index in [9.17, 15) is 0 Å². The normalized spacial score (nSPS) is 17.4. The lowest BCUT2D eigenvalue weighted by atomic mass is 9.99. The minimum atomic E-state index is -0.109. The van der Waals surface area contributed by atoms with Crippen LogP contribution in [0.1, 0.15) is 35.2 Å². The topological polar surface area (TPSA) is 67.3 Å². The van der Waals surface area contributed by atoms with Gasteiger partial charge < -0.3 is 13.4 Å². The molecule has 0 bridgehead atoms. The van der Waals surface area contributed by atoms with Crippen molar-refractivity contribution in [2.45, 2.75) is 18.5 Å². The molecule has 11 aromatic rings. The lowest BCUT2D eigenvalue weighted by molar-refractivity contribution is 0.203. The summed E-state index contributed by atoms with van der Waals surface area (Å²) in [4.78, 5) is 0. The van der Waals surface area contributed by atoms with Gasteiger partial charge in [0, 0.05) is 26.9 Å². The van der Waals surface area contributed by atoms with Gasteiger partial charge >= 0.3 is 0 Å². The molecule has 0 spiro atoms. The van der Waals surface area contributed by atoms with Gasteiger partial charge in [-0.1, -0.05) is 121 Å². The highest BCUT2D eigenvalue weighted by atomic mass is 16.3. The van der Waals surface area contributed by atoms with Crippen LogP contribution in [0.15, 0.2) is 191 Å². The van der Waals surface area contributed by atoms with Crippen LogP contribution in [0.5, 0.6) is 0 Å². The Morgan fingerprint density at radius 2 is 0.895 bits per heavy atom. The number of benzene rings is 8. The third kappa shape index (κ3) is 5.23. The molecule has 4 heterocycles. The first kappa shape index (κ1) is 32.3. The second-order valence-corrected chi connectivity index (χ2v) is 15.0. The molecule has 3 aromatic heterocycles. The van der Waals surface area contributed by atoms with Gasteiger partial charge in [0.25, 0.3) is 0 Å². The van der Waals surface area contributed by atoms with Crippen molar-refractivity contribution in [3.8, 4) is 16.8 Å². The van der Waals surface area contributed by atoms with Crippen LogP contribution in [0, 0.1) is 0 Å². The fourth-order valence-electron chi connectivity index (χ4n) is 9.02. The molecule has 8 aromatic carbocycles. The molecule has 6 nitrogen and oxygen atoms in total. The van der Waals surface area contributed by atoms with E-state index in [1.165, 1.54) is 32.9 Å². The minimum Gasteiger partial charge on any atom is -0.456 e. The van der Waals surface area contributed by atoms with Crippen LogP contribution in [0.2, 0.25) is 0 Å². The van der Waals surface area contributed by atoms with E-state index >= 15 is 0 Å². The van der Waals surface area contributed by atoms with Crippen molar-refractivity contribution in [1.29, 1.82) is 0 Å². The third-order valence-corrected chi connectivity index (χ3v) is 11.7. The molecule has 3 N–H and O–H groups in total. The summed E-state index contributed by atoms with van der Waals surface area (Å²) in [7, 11) is 0. The Balaban J connectivity index is 0.938. The predicted octanol–water partition coefficient (Wildman–Crippen LogP) is 12.4. The minimum absolute atomic E-state index is 0.0442. The summed E-state index contributed by atoms with van der Waals surface area (Å²) in [6.07, 6.45) is -0.198. The molecule has 1 saturated heterocycles. The maximum Gasteiger partial charge on any atom is 0.137 e. The number of hydrogen-bond donors (Lipinski definition) is 3. The first-order valence-electron chi connectivity index (χ1n) is 19.5. The summed E-state index contributed by atoms with van der Waals surface area (Å²) in [5.41, 5.74) is 12.6. The summed E-state index contributed by atoms with van der Waals surface area (Å²) in [5, 5.41) is 18.3. The van der Waals surface area contributed by atoms with Crippen molar-refractivity contribution >= 4 is 65.7 Å². The molecule has 12 rings (SSSR count). The Kier molecular flexibility index (Phi) is 7.25. The highest BCUT2D eigenvalue weighted by Gasteiger charge is 2.30. The fourth-order valence-corrected chi connectivity index (χ4v) is 9.02. The van der Waals surface area contributed by atoms with E-state index in [1.54, 1.807) is 0 Å². The number of furan rings is 2. The van der Waals surface area contributed by atoms with Gasteiger partial charge in [-0.05, 0) is 88.5 Å². The summed E-state index contributed by atoms with van der Waals surface area (Å²) in [5.74, 6) is 0. The van der Waals surface area contributed by atoms with E-state index in [0.717, 1.165) is 66.3 Å². The van der Waals surface area contributed by atoms with Gasteiger partial charge in [0.1, 0.15) is 22.3 Å². The predicted molar refractivity (Wildman–Crippen MR) is 231 cm³/mol. The standard InChI is InChI=1S/C51H36N4O2/c1-3-12-31(13-4-1)49-52-50(32-14-5-2-6-15-32)54-51(53-49)35-24-27-45-40(29-35)39-28-33(23-26-44(39)56-45)34-22-25-38-47(30-34)57-46-21-11-20-43(48(38)46)55-41-18-9-7-16-36(41)37-17-8-10-19-42(37)55/h1-30,49-54H. The maximum absolute atomic E-state index is 6.63. The molecule has 1 aliphatic rings. The first-order valence-corrected chi connectivity index (χ1v) is 19.5. The van der Waals surface area contributed by atoms with E-state index in [4.69, 9.17) is 8.83 Å². The fraction of sp³-hybridized carbons (Fsp3) is 0.0588. The van der Waals surface area contributed by atoms with Crippen LogP contribution in [-0.2, 0) is 0 Å².